The molecule has 2 aromatic carbocycles. The minimum atomic E-state index is -0.464. The number of benzene rings is 2. The van der Waals surface area contributed by atoms with Crippen LogP contribution in [0.1, 0.15) is 0 Å². The monoisotopic (exact) mass is 291 g/mol. The third-order valence-electron chi connectivity index (χ3n) is 2.94. The van der Waals surface area contributed by atoms with E-state index in [-0.39, 0.29) is 24.0 Å². The molecule has 0 aliphatic rings. The number of nitrogens with one attached hydrogen (secondary N) is 1. The second-order valence-electron chi connectivity index (χ2n) is 4.61. The Morgan fingerprint density at radius 1 is 1.14 bits per heavy atom. The second kappa shape index (κ2) is 6.21. The van der Waals surface area contributed by atoms with Gasteiger partial charge in [0.25, 0.3) is 0 Å². The number of rotatable bonds is 4. The molecule has 6 heteroatoms. The van der Waals surface area contributed by atoms with Gasteiger partial charge in [-0.05, 0) is 42.5 Å². The van der Waals surface area contributed by atoms with Gasteiger partial charge >= 0.3 is 0 Å². The van der Waals surface area contributed by atoms with Crippen LogP contribution in [-0.4, -0.2) is 19.5 Å². The average Bonchev–Trinajstić information content (AvgIpc) is 2.42. The average molecular weight is 291 g/mol. The predicted molar refractivity (Wildman–Crippen MR) is 79.1 cm³/mol. The van der Waals surface area contributed by atoms with Gasteiger partial charge in [-0.1, -0.05) is 0 Å². The summed E-state index contributed by atoms with van der Waals surface area (Å²) in [5, 5.41) is 2.60. The Kier molecular flexibility index (Phi) is 4.37. The third kappa shape index (κ3) is 3.92. The molecule has 21 heavy (non-hydrogen) atoms. The van der Waals surface area contributed by atoms with E-state index in [1.54, 1.807) is 24.1 Å². The summed E-state index contributed by atoms with van der Waals surface area (Å²) in [4.78, 5) is 13.6. The van der Waals surface area contributed by atoms with Gasteiger partial charge in [-0.15, -0.1) is 0 Å². The van der Waals surface area contributed by atoms with Gasteiger partial charge < -0.3 is 16.0 Å². The molecule has 3 N–H and O–H groups in total. The molecule has 0 unspecified atom stereocenters. The van der Waals surface area contributed by atoms with Gasteiger partial charge in [-0.2, -0.15) is 0 Å². The number of anilines is 3. The highest BCUT2D eigenvalue weighted by Crippen LogP contribution is 2.19. The first-order chi connectivity index (χ1) is 9.95. The van der Waals surface area contributed by atoms with Crippen molar-refractivity contribution in [2.45, 2.75) is 0 Å². The van der Waals surface area contributed by atoms with Crippen LogP contribution in [0.15, 0.2) is 42.5 Å². The molecule has 0 aliphatic heterocycles. The van der Waals surface area contributed by atoms with Gasteiger partial charge in [0.1, 0.15) is 11.6 Å². The van der Waals surface area contributed by atoms with E-state index in [0.29, 0.717) is 11.4 Å². The fraction of sp³-hybridized carbons (Fsp3) is 0.133. The smallest absolute Gasteiger partial charge is 0.243 e. The topological polar surface area (TPSA) is 58.4 Å². The molecule has 0 saturated carbocycles. The highest BCUT2D eigenvalue weighted by molar-refractivity contribution is 5.96. The normalized spacial score (nSPS) is 10.2. The Morgan fingerprint density at radius 3 is 2.38 bits per heavy atom. The van der Waals surface area contributed by atoms with Crippen LogP contribution in [0.4, 0.5) is 25.8 Å². The molecule has 0 fully saturated rings. The van der Waals surface area contributed by atoms with Crippen molar-refractivity contribution in [2.75, 3.05) is 29.5 Å². The first-order valence-electron chi connectivity index (χ1n) is 6.27. The summed E-state index contributed by atoms with van der Waals surface area (Å²) in [6, 6.07) is 9.56. The third-order valence-corrected chi connectivity index (χ3v) is 2.94. The van der Waals surface area contributed by atoms with Crippen molar-refractivity contribution in [1.29, 1.82) is 0 Å². The lowest BCUT2D eigenvalue weighted by Gasteiger charge is -2.19. The van der Waals surface area contributed by atoms with Crippen LogP contribution < -0.4 is 16.0 Å². The van der Waals surface area contributed by atoms with Crippen molar-refractivity contribution >= 4 is 23.0 Å². The van der Waals surface area contributed by atoms with Crippen LogP contribution >= 0.6 is 0 Å². The fourth-order valence-corrected chi connectivity index (χ4v) is 1.84. The van der Waals surface area contributed by atoms with Crippen molar-refractivity contribution in [1.82, 2.24) is 0 Å². The molecule has 1 amide bonds. The molecule has 0 aliphatic carbocycles. The molecule has 0 radical (unpaired) electrons. The Balaban J connectivity index is 1.99. The Hall–Kier alpha value is -2.63. The van der Waals surface area contributed by atoms with E-state index < -0.39 is 5.82 Å². The van der Waals surface area contributed by atoms with Crippen molar-refractivity contribution in [3.05, 3.63) is 54.1 Å². The first-order valence-corrected chi connectivity index (χ1v) is 6.27. The molecule has 2 aromatic rings. The van der Waals surface area contributed by atoms with Crippen molar-refractivity contribution in [3.8, 4) is 0 Å². The summed E-state index contributed by atoms with van der Waals surface area (Å²) in [6.07, 6.45) is 0. The van der Waals surface area contributed by atoms with Crippen molar-refractivity contribution in [3.63, 3.8) is 0 Å². The molecule has 110 valence electrons. The van der Waals surface area contributed by atoms with Crippen LogP contribution in [0.3, 0.4) is 0 Å². The van der Waals surface area contributed by atoms with Gasteiger partial charge in [-0.25, -0.2) is 8.78 Å². The predicted octanol–water partition coefficient (Wildman–Crippen LogP) is 2.62. The van der Waals surface area contributed by atoms with E-state index in [0.717, 1.165) is 6.07 Å². The van der Waals surface area contributed by atoms with Gasteiger partial charge in [0, 0.05) is 12.7 Å². The Morgan fingerprint density at radius 2 is 1.76 bits per heavy atom. The lowest BCUT2D eigenvalue weighted by Crippen LogP contribution is -2.30. The largest absolute Gasteiger partial charge is 0.397 e. The zero-order valence-corrected chi connectivity index (χ0v) is 11.4. The summed E-state index contributed by atoms with van der Waals surface area (Å²) >= 11 is 0. The summed E-state index contributed by atoms with van der Waals surface area (Å²) in [6.45, 7) is 0.0580. The van der Waals surface area contributed by atoms with Gasteiger partial charge in [0.2, 0.25) is 5.91 Å². The number of hydrogen-bond acceptors (Lipinski definition) is 3. The number of likely N-dealkylation sites (N-methyl/N-ethyl adjacent to an activating group) is 1. The molecular weight excluding hydrogens is 276 g/mol. The van der Waals surface area contributed by atoms with E-state index >= 15 is 0 Å². The molecule has 0 spiro atoms. The quantitative estimate of drug-likeness (QED) is 0.851. The Bertz CT molecular complexity index is 644. The van der Waals surface area contributed by atoms with Crippen molar-refractivity contribution in [2.24, 2.45) is 0 Å². The van der Waals surface area contributed by atoms with Crippen LogP contribution in [0.2, 0.25) is 0 Å². The highest BCUT2D eigenvalue weighted by Gasteiger charge is 2.10. The van der Waals surface area contributed by atoms with Crippen LogP contribution in [0.25, 0.3) is 0 Å². The molecule has 0 atom stereocenters. The number of carbonyl (C=O) groups excluding carboxylic acids is 1. The van der Waals surface area contributed by atoms with Gasteiger partial charge in [0.15, 0.2) is 0 Å². The molecular formula is C15H15F2N3O. The zero-order chi connectivity index (χ0) is 15.4. The van der Waals surface area contributed by atoms with Gasteiger partial charge in [-0.3, -0.25) is 4.79 Å². The number of hydrogen-bond donors (Lipinski definition) is 2. The maximum Gasteiger partial charge on any atom is 0.243 e. The number of nitrogen functional groups attached to an aromatic ring is 1. The molecule has 0 bridgehead atoms. The standard InChI is InChI=1S/C15H15F2N3O/c1-20(12-5-2-10(16)3-6-12)9-15(21)19-14-7-4-11(17)8-13(14)18/h2-8H,9,18H2,1H3,(H,19,21). The molecule has 0 aromatic heterocycles. The molecule has 2 rings (SSSR count). The second-order valence-corrected chi connectivity index (χ2v) is 4.61. The van der Waals surface area contributed by atoms with Gasteiger partial charge in [0.05, 0.1) is 17.9 Å². The van der Waals surface area contributed by atoms with E-state index in [1.807, 2.05) is 0 Å². The van der Waals surface area contributed by atoms with Crippen LogP contribution in [0, 0.1) is 11.6 Å². The lowest BCUT2D eigenvalue weighted by molar-refractivity contribution is -0.114. The SMILES string of the molecule is CN(CC(=O)Nc1ccc(F)cc1N)c1ccc(F)cc1. The summed E-state index contributed by atoms with van der Waals surface area (Å²) in [5.74, 6) is -1.11. The first kappa shape index (κ1) is 14.8. The Labute approximate surface area is 121 Å². The lowest BCUT2D eigenvalue weighted by atomic mass is 10.2. The maximum atomic E-state index is 12.9. The number of carbonyl (C=O) groups is 1. The highest BCUT2D eigenvalue weighted by atomic mass is 19.1. The molecule has 0 heterocycles. The molecule has 0 saturated heterocycles. The number of amides is 1. The summed E-state index contributed by atoms with van der Waals surface area (Å²) in [5.41, 5.74) is 6.84. The number of halogens is 2. The molecule has 4 nitrogen and oxygen atoms in total. The van der Waals surface area contributed by atoms with Crippen molar-refractivity contribution < 1.29 is 13.6 Å². The summed E-state index contributed by atoms with van der Waals surface area (Å²) < 4.78 is 25.8. The van der Waals surface area contributed by atoms with Crippen LogP contribution in [0.5, 0.6) is 0 Å². The van der Waals surface area contributed by atoms with E-state index in [9.17, 15) is 13.6 Å². The fourth-order valence-electron chi connectivity index (χ4n) is 1.84. The number of nitrogens with zero attached hydrogens (tertiary/aromatic N) is 1. The van der Waals surface area contributed by atoms with E-state index in [2.05, 4.69) is 5.32 Å². The minimum Gasteiger partial charge on any atom is -0.397 e. The minimum absolute atomic E-state index is 0.0580. The number of nitrogens with two attached hydrogens (primary N) is 1. The van der Waals surface area contributed by atoms with E-state index in [1.165, 1.54) is 24.3 Å². The zero-order valence-electron chi connectivity index (χ0n) is 11.4. The van der Waals surface area contributed by atoms with E-state index in [4.69, 9.17) is 5.73 Å². The van der Waals surface area contributed by atoms with Crippen LogP contribution in [-0.2, 0) is 4.79 Å². The maximum absolute atomic E-state index is 12.9. The summed E-state index contributed by atoms with van der Waals surface area (Å²) in [7, 11) is 1.71.